The molecule has 3 rings (SSSR count). The second-order valence-electron chi connectivity index (χ2n) is 8.51. The van der Waals surface area contributed by atoms with Crippen molar-refractivity contribution >= 4 is 22.6 Å². The number of aromatic hydroxyl groups is 1. The number of nitrogens with one attached hydrogen (secondary N) is 1. The average molecular weight is 554 g/mol. The third-order valence-corrected chi connectivity index (χ3v) is 7.82. The van der Waals surface area contributed by atoms with Crippen LogP contribution in [0, 0.1) is 0 Å². The van der Waals surface area contributed by atoms with Gasteiger partial charge in [-0.15, -0.1) is 0 Å². The van der Waals surface area contributed by atoms with Gasteiger partial charge in [0.1, 0.15) is 11.4 Å². The second kappa shape index (κ2) is 11.3. The number of aliphatic hydroxyl groups excluding tert-OH is 1. The van der Waals surface area contributed by atoms with E-state index in [1.54, 1.807) is 0 Å². The third kappa shape index (κ3) is 6.57. The lowest BCUT2D eigenvalue weighted by Gasteiger charge is -2.36. The van der Waals surface area contributed by atoms with Crippen molar-refractivity contribution in [3.63, 3.8) is 0 Å². The van der Waals surface area contributed by atoms with Crippen LogP contribution in [0.3, 0.4) is 0 Å². The lowest BCUT2D eigenvalue weighted by Crippen LogP contribution is -2.53. The smallest absolute Gasteiger partial charge is 0.412 e. The minimum Gasteiger partial charge on any atom is -0.493 e. The SMILES string of the molecule is C=N/C(=C\C=C(/C)C(F)(F)F)N[C@@H]1CCN(S(=O)(=O)c2ccc(-c3cnc(O)c(C(N)=O)c3)cc2)C[C@@H]1O. The molecule has 10 nitrogen and oxygen atoms in total. The molecule has 1 amide bonds. The maximum atomic E-state index is 13.2. The number of allylic oxidation sites excluding steroid dienone is 3. The second-order valence-corrected chi connectivity index (χ2v) is 10.4. The third-order valence-electron chi connectivity index (χ3n) is 5.94. The van der Waals surface area contributed by atoms with Crippen molar-refractivity contribution in [1.29, 1.82) is 0 Å². The number of β-amino-alcohol motifs (C(OH)–C–C–N with tert-alkyl or cyclic N) is 1. The Morgan fingerprint density at radius 2 is 1.92 bits per heavy atom. The van der Waals surface area contributed by atoms with E-state index in [-0.39, 0.29) is 35.8 Å². The molecule has 14 heteroatoms. The summed E-state index contributed by atoms with van der Waals surface area (Å²) in [6.07, 6.45) is -2.29. The summed E-state index contributed by atoms with van der Waals surface area (Å²) in [6.45, 7) is 3.99. The van der Waals surface area contributed by atoms with E-state index in [2.05, 4.69) is 22.0 Å². The maximum Gasteiger partial charge on any atom is 0.412 e. The van der Waals surface area contributed by atoms with Gasteiger partial charge in [0.15, 0.2) is 0 Å². The number of hydrogen-bond donors (Lipinski definition) is 4. The zero-order valence-corrected chi connectivity index (χ0v) is 21.0. The Morgan fingerprint density at radius 3 is 2.47 bits per heavy atom. The summed E-state index contributed by atoms with van der Waals surface area (Å²) in [4.78, 5) is 18.8. The fraction of sp³-hybridized carbons (Fsp3) is 0.292. The minimum absolute atomic E-state index is 0.00718. The Balaban J connectivity index is 1.71. The Kier molecular flexibility index (Phi) is 8.59. The number of carbonyl (C=O) groups is 1. The number of rotatable bonds is 8. The van der Waals surface area contributed by atoms with Crippen molar-refractivity contribution in [3.05, 3.63) is 65.6 Å². The number of nitrogens with two attached hydrogens (primary N) is 1. The van der Waals surface area contributed by atoms with Crippen molar-refractivity contribution in [1.82, 2.24) is 14.6 Å². The van der Waals surface area contributed by atoms with Crippen molar-refractivity contribution in [2.75, 3.05) is 13.1 Å². The lowest BCUT2D eigenvalue weighted by molar-refractivity contribution is -0.0913. The highest BCUT2D eigenvalue weighted by Crippen LogP contribution is 2.28. The molecule has 0 aliphatic carbocycles. The highest BCUT2D eigenvalue weighted by atomic mass is 32.2. The molecule has 0 bridgehead atoms. The summed E-state index contributed by atoms with van der Waals surface area (Å²) in [6, 6.07) is 6.39. The lowest BCUT2D eigenvalue weighted by atomic mass is 10.0. The molecule has 1 saturated heterocycles. The van der Waals surface area contributed by atoms with Crippen molar-refractivity contribution in [3.8, 4) is 17.0 Å². The normalized spacial score (nSPS) is 19.7. The van der Waals surface area contributed by atoms with E-state index < -0.39 is 45.7 Å². The van der Waals surface area contributed by atoms with E-state index in [0.29, 0.717) is 11.1 Å². The molecular formula is C24H26F3N5O5S. The molecular weight excluding hydrogens is 527 g/mol. The van der Waals surface area contributed by atoms with Crippen LogP contribution in [0.2, 0.25) is 0 Å². The van der Waals surface area contributed by atoms with E-state index in [9.17, 15) is 36.6 Å². The number of benzene rings is 1. The Morgan fingerprint density at radius 1 is 1.26 bits per heavy atom. The van der Waals surface area contributed by atoms with Gasteiger partial charge in [-0.05, 0) is 49.9 Å². The van der Waals surface area contributed by atoms with E-state index in [0.717, 1.165) is 23.4 Å². The molecule has 1 aromatic carbocycles. The highest BCUT2D eigenvalue weighted by molar-refractivity contribution is 7.89. The van der Waals surface area contributed by atoms with Gasteiger partial charge in [0.2, 0.25) is 15.9 Å². The van der Waals surface area contributed by atoms with E-state index in [4.69, 9.17) is 5.73 Å². The number of alkyl halides is 3. The standard InChI is InChI=1S/C24H26F3N5O5S/c1-14(24(25,26)27)3-8-21(29-2)31-19-9-10-32(13-20(19)33)38(36,37)17-6-4-15(5-7-17)16-11-18(22(28)34)23(35)30-12-16/h3-8,11-12,19-20,31,33H,2,9-10,13H2,1H3,(H2,28,34)(H,30,35)/b14-3+,21-8+/t19-,20+/m1/s1. The van der Waals surface area contributed by atoms with Crippen LogP contribution < -0.4 is 11.1 Å². The van der Waals surface area contributed by atoms with Gasteiger partial charge in [0.25, 0.3) is 5.91 Å². The molecule has 1 fully saturated rings. The van der Waals surface area contributed by atoms with Gasteiger partial charge in [-0.2, -0.15) is 17.5 Å². The number of hydrogen-bond acceptors (Lipinski definition) is 8. The summed E-state index contributed by atoms with van der Waals surface area (Å²) in [5.74, 6) is -1.38. The molecule has 1 aliphatic heterocycles. The number of piperidine rings is 1. The van der Waals surface area contributed by atoms with Gasteiger partial charge in [-0.1, -0.05) is 18.2 Å². The van der Waals surface area contributed by atoms with Crippen molar-refractivity contribution < 1.29 is 36.6 Å². The monoisotopic (exact) mass is 553 g/mol. The summed E-state index contributed by atoms with van der Waals surface area (Å²) in [7, 11) is -3.99. The van der Waals surface area contributed by atoms with Crippen LogP contribution in [0.15, 0.2) is 70.0 Å². The molecule has 5 N–H and O–H groups in total. The first-order chi connectivity index (χ1) is 17.7. The molecule has 0 radical (unpaired) electrons. The van der Waals surface area contributed by atoms with E-state index >= 15 is 0 Å². The van der Waals surface area contributed by atoms with Gasteiger partial charge in [0.05, 0.1) is 17.0 Å². The van der Waals surface area contributed by atoms with Crippen LogP contribution in [0.25, 0.3) is 11.1 Å². The summed E-state index contributed by atoms with van der Waals surface area (Å²) >= 11 is 0. The van der Waals surface area contributed by atoms with E-state index in [1.807, 2.05) is 0 Å². The molecule has 2 atom stereocenters. The van der Waals surface area contributed by atoms with Gasteiger partial charge >= 0.3 is 6.18 Å². The highest BCUT2D eigenvalue weighted by Gasteiger charge is 2.35. The quantitative estimate of drug-likeness (QED) is 0.288. The van der Waals surface area contributed by atoms with Crippen LogP contribution in [-0.4, -0.2) is 72.0 Å². The molecule has 204 valence electrons. The van der Waals surface area contributed by atoms with Gasteiger partial charge < -0.3 is 21.3 Å². The summed E-state index contributed by atoms with van der Waals surface area (Å²) < 4.78 is 65.5. The number of aliphatic hydroxyl groups is 1. The largest absolute Gasteiger partial charge is 0.493 e. The topological polar surface area (TPSA) is 158 Å². The van der Waals surface area contributed by atoms with Crippen LogP contribution in [0.4, 0.5) is 13.2 Å². The molecule has 1 aromatic heterocycles. The molecule has 0 saturated carbocycles. The van der Waals surface area contributed by atoms with Gasteiger partial charge in [-0.3, -0.25) is 4.79 Å². The number of primary amides is 1. The van der Waals surface area contributed by atoms with Crippen LogP contribution in [0.1, 0.15) is 23.7 Å². The number of aliphatic imine (C=N–C) groups is 1. The molecule has 1 aliphatic rings. The first-order valence-electron chi connectivity index (χ1n) is 11.2. The zero-order chi connectivity index (χ0) is 28.3. The van der Waals surface area contributed by atoms with Gasteiger partial charge in [0, 0.05) is 30.4 Å². The molecule has 38 heavy (non-hydrogen) atoms. The molecule has 2 aromatic rings. The van der Waals surface area contributed by atoms with Crippen LogP contribution in [0.5, 0.6) is 5.88 Å². The number of amides is 1. The predicted molar refractivity (Wildman–Crippen MR) is 134 cm³/mol. The Bertz CT molecular complexity index is 1370. The zero-order valence-electron chi connectivity index (χ0n) is 20.2. The van der Waals surface area contributed by atoms with Gasteiger partial charge in [-0.25, -0.2) is 18.4 Å². The molecule has 0 spiro atoms. The Labute approximate surface area is 217 Å². The molecule has 2 heterocycles. The Hall–Kier alpha value is -3.75. The van der Waals surface area contributed by atoms with Crippen LogP contribution >= 0.6 is 0 Å². The number of nitrogens with zero attached hydrogens (tertiary/aromatic N) is 3. The minimum atomic E-state index is -4.49. The number of carbonyl (C=O) groups excluding carboxylic acids is 1. The maximum absolute atomic E-state index is 13.2. The predicted octanol–water partition coefficient (Wildman–Crippen LogP) is 2.32. The fourth-order valence-electron chi connectivity index (χ4n) is 3.69. The van der Waals surface area contributed by atoms with Crippen molar-refractivity contribution in [2.24, 2.45) is 10.7 Å². The first kappa shape index (κ1) is 28.8. The summed E-state index contributed by atoms with van der Waals surface area (Å²) in [5, 5.41) is 23.0. The van der Waals surface area contributed by atoms with Crippen molar-refractivity contribution in [2.45, 2.75) is 36.6 Å². The van der Waals surface area contributed by atoms with E-state index in [1.165, 1.54) is 36.5 Å². The first-order valence-corrected chi connectivity index (χ1v) is 12.6. The van der Waals surface area contributed by atoms with Crippen LogP contribution in [-0.2, 0) is 10.0 Å². The average Bonchev–Trinajstić information content (AvgIpc) is 2.86. The number of aromatic nitrogens is 1. The summed E-state index contributed by atoms with van der Waals surface area (Å²) in [5.41, 5.74) is 5.15. The fourth-order valence-corrected chi connectivity index (χ4v) is 5.16. The number of pyridine rings is 1. The molecule has 0 unspecified atom stereocenters. The number of halogens is 3. The number of sulfonamides is 1.